The first-order valence-electron chi connectivity index (χ1n) is 11.1. The summed E-state index contributed by atoms with van der Waals surface area (Å²) in [6.07, 6.45) is 2.02. The molecule has 0 aliphatic rings. The minimum absolute atomic E-state index is 0.453. The minimum Gasteiger partial charge on any atom is -0.348 e. The van der Waals surface area contributed by atoms with Gasteiger partial charge in [-0.2, -0.15) is 5.10 Å². The number of hydrogen-bond acceptors (Lipinski definition) is 5. The third kappa shape index (κ3) is 4.56. The molecule has 3 heterocycles. The van der Waals surface area contributed by atoms with Gasteiger partial charge in [0, 0.05) is 23.1 Å². The molecule has 0 fully saturated rings. The topological polar surface area (TPSA) is 68.5 Å². The molecule has 0 bridgehead atoms. The van der Waals surface area contributed by atoms with E-state index in [0.29, 0.717) is 11.5 Å². The molecule has 0 saturated heterocycles. The van der Waals surface area contributed by atoms with E-state index in [9.17, 15) is 0 Å². The minimum atomic E-state index is 0.453. The van der Waals surface area contributed by atoms with E-state index < -0.39 is 0 Å². The van der Waals surface area contributed by atoms with E-state index in [-0.39, 0.29) is 0 Å². The number of pyridine rings is 1. The zero-order chi connectivity index (χ0) is 23.7. The normalized spacial score (nSPS) is 11.0. The molecular formula is C27H24N6S. The van der Waals surface area contributed by atoms with Crippen LogP contribution in [0.1, 0.15) is 17.1 Å². The van der Waals surface area contributed by atoms with E-state index in [4.69, 9.17) is 27.3 Å². The smallest absolute Gasteiger partial charge is 0.119 e. The highest BCUT2D eigenvalue weighted by molar-refractivity contribution is 7.80. The molecule has 0 unspecified atom stereocenters. The second-order valence-electron chi connectivity index (χ2n) is 8.27. The lowest BCUT2D eigenvalue weighted by Gasteiger charge is -2.07. The fourth-order valence-corrected chi connectivity index (χ4v) is 4.10. The van der Waals surface area contributed by atoms with E-state index in [1.807, 2.05) is 86.2 Å². The Balaban J connectivity index is 1.55. The van der Waals surface area contributed by atoms with Gasteiger partial charge >= 0.3 is 0 Å². The monoisotopic (exact) mass is 464 g/mol. The Hall–Kier alpha value is -3.97. The summed E-state index contributed by atoms with van der Waals surface area (Å²) in [7, 11) is 0. The summed E-state index contributed by atoms with van der Waals surface area (Å²) in [4.78, 5) is 14.8. The average Bonchev–Trinajstić information content (AvgIpc) is 3.24. The van der Waals surface area contributed by atoms with Crippen LogP contribution in [0.2, 0.25) is 0 Å². The maximum Gasteiger partial charge on any atom is 0.119 e. The average molecular weight is 465 g/mol. The standard InChI is InChI=1S/C27H24N6S/c1-17-8-7-11-24(28-17)27-22(20-12-13-23-25(14-20)30-19(3)18(2)29-23)15-33(32-27)16-26(34)31-21-9-5-4-6-10-21/h4-15H,16H2,1-3H3,(H,31,34). The van der Waals surface area contributed by atoms with Gasteiger partial charge in [0.15, 0.2) is 0 Å². The summed E-state index contributed by atoms with van der Waals surface area (Å²) in [5.41, 5.74) is 9.12. The largest absolute Gasteiger partial charge is 0.348 e. The highest BCUT2D eigenvalue weighted by atomic mass is 32.1. The van der Waals surface area contributed by atoms with Crippen molar-refractivity contribution in [1.29, 1.82) is 0 Å². The molecule has 0 amide bonds. The molecule has 168 valence electrons. The van der Waals surface area contributed by atoms with Gasteiger partial charge in [-0.25, -0.2) is 9.97 Å². The van der Waals surface area contributed by atoms with Crippen LogP contribution in [-0.2, 0) is 6.54 Å². The molecule has 0 aliphatic heterocycles. The van der Waals surface area contributed by atoms with Crippen molar-refractivity contribution in [3.05, 3.63) is 90.0 Å². The number of benzene rings is 2. The molecule has 3 aromatic heterocycles. The lowest BCUT2D eigenvalue weighted by atomic mass is 10.0. The maximum atomic E-state index is 5.61. The quantitative estimate of drug-likeness (QED) is 0.326. The Bertz CT molecular complexity index is 1510. The molecule has 0 aliphatic carbocycles. The van der Waals surface area contributed by atoms with Gasteiger partial charge in [-0.15, -0.1) is 0 Å². The molecule has 7 heteroatoms. The second kappa shape index (κ2) is 9.11. The van der Waals surface area contributed by atoms with Crippen LogP contribution in [0.5, 0.6) is 0 Å². The van der Waals surface area contributed by atoms with Crippen molar-refractivity contribution in [2.45, 2.75) is 27.3 Å². The van der Waals surface area contributed by atoms with Gasteiger partial charge in [0.05, 0.1) is 34.7 Å². The van der Waals surface area contributed by atoms with Gasteiger partial charge in [-0.05, 0) is 62.7 Å². The molecule has 5 rings (SSSR count). The van der Waals surface area contributed by atoms with Crippen LogP contribution in [0.4, 0.5) is 5.69 Å². The number of para-hydroxylation sites is 1. The number of nitrogens with zero attached hydrogens (tertiary/aromatic N) is 5. The van der Waals surface area contributed by atoms with Crippen molar-refractivity contribution >= 4 is 33.9 Å². The van der Waals surface area contributed by atoms with Crippen LogP contribution < -0.4 is 5.32 Å². The summed E-state index contributed by atoms with van der Waals surface area (Å²) >= 11 is 5.61. The predicted octanol–water partition coefficient (Wildman–Crippen LogP) is 5.92. The molecule has 0 radical (unpaired) electrons. The first-order chi connectivity index (χ1) is 16.5. The number of nitrogens with one attached hydrogen (secondary N) is 1. The first kappa shape index (κ1) is 21.9. The highest BCUT2D eigenvalue weighted by Gasteiger charge is 2.16. The maximum absolute atomic E-state index is 5.61. The van der Waals surface area contributed by atoms with Gasteiger partial charge in [-0.1, -0.05) is 42.5 Å². The lowest BCUT2D eigenvalue weighted by Crippen LogP contribution is -2.17. The van der Waals surface area contributed by atoms with Crippen molar-refractivity contribution in [3.8, 4) is 22.5 Å². The Morgan fingerprint density at radius 3 is 2.38 bits per heavy atom. The zero-order valence-electron chi connectivity index (χ0n) is 19.3. The van der Waals surface area contributed by atoms with Crippen LogP contribution in [0.25, 0.3) is 33.5 Å². The highest BCUT2D eigenvalue weighted by Crippen LogP contribution is 2.32. The van der Waals surface area contributed by atoms with Crippen LogP contribution in [-0.4, -0.2) is 29.7 Å². The van der Waals surface area contributed by atoms with Crippen LogP contribution in [0, 0.1) is 20.8 Å². The predicted molar refractivity (Wildman–Crippen MR) is 141 cm³/mol. The van der Waals surface area contributed by atoms with E-state index in [2.05, 4.69) is 22.4 Å². The number of anilines is 1. The zero-order valence-corrected chi connectivity index (χ0v) is 20.1. The second-order valence-corrected chi connectivity index (χ2v) is 8.76. The molecule has 6 nitrogen and oxygen atoms in total. The number of hydrogen-bond donors (Lipinski definition) is 1. The van der Waals surface area contributed by atoms with Crippen molar-refractivity contribution < 1.29 is 0 Å². The number of rotatable bonds is 5. The molecule has 5 aromatic rings. The molecule has 2 aromatic carbocycles. The van der Waals surface area contributed by atoms with Gasteiger partial charge < -0.3 is 5.32 Å². The van der Waals surface area contributed by atoms with Gasteiger partial charge in [0.2, 0.25) is 0 Å². The van der Waals surface area contributed by atoms with Crippen LogP contribution in [0.3, 0.4) is 0 Å². The Labute approximate surface area is 203 Å². The summed E-state index contributed by atoms with van der Waals surface area (Å²) in [6, 6.07) is 22.0. The Morgan fingerprint density at radius 2 is 1.62 bits per heavy atom. The first-order valence-corrected chi connectivity index (χ1v) is 11.5. The van der Waals surface area contributed by atoms with Crippen molar-refractivity contribution in [3.63, 3.8) is 0 Å². The van der Waals surface area contributed by atoms with E-state index in [0.717, 1.165) is 56.3 Å². The SMILES string of the molecule is Cc1cccc(-c2nn(CC(=S)Nc3ccccc3)cc2-c2ccc3nc(C)c(C)nc3c2)n1. The van der Waals surface area contributed by atoms with Crippen LogP contribution in [0.15, 0.2) is 72.9 Å². The summed E-state index contributed by atoms with van der Waals surface area (Å²) < 4.78 is 1.86. The number of thiocarbonyl (C=S) groups is 1. The molecule has 0 saturated carbocycles. The summed E-state index contributed by atoms with van der Waals surface area (Å²) in [5.74, 6) is 0. The van der Waals surface area contributed by atoms with Crippen molar-refractivity contribution in [2.24, 2.45) is 0 Å². The van der Waals surface area contributed by atoms with E-state index in [1.165, 1.54) is 0 Å². The molecule has 1 N–H and O–H groups in total. The molecule has 0 atom stereocenters. The van der Waals surface area contributed by atoms with Gasteiger partial charge in [-0.3, -0.25) is 9.67 Å². The fourth-order valence-electron chi connectivity index (χ4n) is 3.85. The van der Waals surface area contributed by atoms with Crippen molar-refractivity contribution in [1.82, 2.24) is 24.7 Å². The number of aromatic nitrogens is 5. The van der Waals surface area contributed by atoms with E-state index >= 15 is 0 Å². The van der Waals surface area contributed by atoms with Gasteiger partial charge in [0.25, 0.3) is 0 Å². The molecule has 34 heavy (non-hydrogen) atoms. The number of fused-ring (bicyclic) bond motifs is 1. The molecule has 0 spiro atoms. The van der Waals surface area contributed by atoms with Crippen molar-refractivity contribution in [2.75, 3.05) is 5.32 Å². The lowest BCUT2D eigenvalue weighted by molar-refractivity contribution is 0.730. The van der Waals surface area contributed by atoms with Gasteiger partial charge in [0.1, 0.15) is 10.7 Å². The van der Waals surface area contributed by atoms with Crippen LogP contribution >= 0.6 is 12.2 Å². The summed E-state index contributed by atoms with van der Waals surface area (Å²) in [6.45, 7) is 6.40. The molecular weight excluding hydrogens is 440 g/mol. The van der Waals surface area contributed by atoms with E-state index in [1.54, 1.807) is 0 Å². The Kier molecular flexibility index (Phi) is 5.86. The number of aryl methyl sites for hydroxylation is 3. The Morgan fingerprint density at radius 1 is 0.853 bits per heavy atom. The third-order valence-corrected chi connectivity index (χ3v) is 5.87. The third-order valence-electron chi connectivity index (χ3n) is 5.64. The summed E-state index contributed by atoms with van der Waals surface area (Å²) in [5, 5.41) is 8.16. The fraction of sp³-hybridized carbons (Fsp3) is 0.148.